The van der Waals surface area contributed by atoms with Crippen LogP contribution in [-0.2, 0) is 6.18 Å². The van der Waals surface area contributed by atoms with Crippen molar-refractivity contribution in [2.45, 2.75) is 19.5 Å². The minimum atomic E-state index is -4.43. The number of rotatable bonds is 8. The molecule has 2 aromatic rings. The van der Waals surface area contributed by atoms with Gasteiger partial charge >= 0.3 is 6.18 Å². The summed E-state index contributed by atoms with van der Waals surface area (Å²) >= 11 is 0. The minimum absolute atomic E-state index is 0.149. The lowest BCUT2D eigenvalue weighted by Crippen LogP contribution is -2.04. The van der Waals surface area contributed by atoms with Crippen LogP contribution in [0.15, 0.2) is 41.5 Å². The zero-order valence-electron chi connectivity index (χ0n) is 15.1. The normalized spacial score (nSPS) is 11.5. The predicted molar refractivity (Wildman–Crippen MR) is 98.1 cm³/mol. The van der Waals surface area contributed by atoms with Crippen LogP contribution in [0.25, 0.3) is 0 Å². The fourth-order valence-electron chi connectivity index (χ4n) is 2.22. The Balaban J connectivity index is 2.24. The maximum Gasteiger partial charge on any atom is 0.416 e. The Hall–Kier alpha value is -3.30. The highest BCUT2D eigenvalue weighted by Gasteiger charge is 2.29. The first-order valence-corrected chi connectivity index (χ1v) is 8.21. The average molecular weight is 397 g/mol. The van der Waals surface area contributed by atoms with Crippen LogP contribution in [0.1, 0.15) is 24.5 Å². The van der Waals surface area contributed by atoms with Crippen LogP contribution in [0.4, 0.5) is 24.5 Å². The molecular formula is C18H18F3N3O4. The molecule has 0 fully saturated rings. The van der Waals surface area contributed by atoms with Crippen molar-refractivity contribution in [2.75, 3.05) is 19.1 Å². The van der Waals surface area contributed by atoms with Gasteiger partial charge in [-0.3, -0.25) is 15.5 Å². The Labute approximate surface area is 158 Å². The number of ether oxygens (including phenoxy) is 2. The number of anilines is 1. The van der Waals surface area contributed by atoms with Crippen LogP contribution in [-0.4, -0.2) is 24.9 Å². The van der Waals surface area contributed by atoms with Gasteiger partial charge in [0, 0.05) is 0 Å². The van der Waals surface area contributed by atoms with E-state index < -0.39 is 16.7 Å². The molecule has 150 valence electrons. The van der Waals surface area contributed by atoms with Crippen LogP contribution < -0.4 is 14.9 Å². The van der Waals surface area contributed by atoms with Crippen molar-refractivity contribution in [3.8, 4) is 11.5 Å². The number of benzene rings is 2. The molecule has 0 aromatic heterocycles. The summed E-state index contributed by atoms with van der Waals surface area (Å²) in [6.07, 6.45) is -2.51. The van der Waals surface area contributed by atoms with Gasteiger partial charge in [0.1, 0.15) is 0 Å². The van der Waals surface area contributed by atoms with Crippen molar-refractivity contribution in [2.24, 2.45) is 5.10 Å². The molecule has 0 bridgehead atoms. The summed E-state index contributed by atoms with van der Waals surface area (Å²) in [5.74, 6) is 0.541. The third kappa shape index (κ3) is 5.35. The maximum absolute atomic E-state index is 12.6. The second-order valence-electron chi connectivity index (χ2n) is 5.61. The van der Waals surface area contributed by atoms with E-state index in [1.165, 1.54) is 37.6 Å². The quantitative estimate of drug-likeness (QED) is 0.391. The van der Waals surface area contributed by atoms with Crippen LogP contribution in [0.3, 0.4) is 0 Å². The second-order valence-corrected chi connectivity index (χ2v) is 5.61. The molecule has 2 aromatic carbocycles. The molecule has 0 saturated heterocycles. The average Bonchev–Trinajstić information content (AvgIpc) is 2.65. The lowest BCUT2D eigenvalue weighted by atomic mass is 10.1. The standard InChI is InChI=1S/C18H18F3N3O4/c1-3-8-28-17-9-12(15(24(25)26)10-16(17)27-2)11-22-23-14-6-4-13(5-7-14)18(19,20)21/h4-7,9-11,23H,3,8H2,1-2H3. The summed E-state index contributed by atoms with van der Waals surface area (Å²) < 4.78 is 48.3. The van der Waals surface area contributed by atoms with Crippen LogP contribution >= 0.6 is 0 Å². The fourth-order valence-corrected chi connectivity index (χ4v) is 2.22. The monoisotopic (exact) mass is 397 g/mol. The van der Waals surface area contributed by atoms with E-state index >= 15 is 0 Å². The topological polar surface area (TPSA) is 86.0 Å². The van der Waals surface area contributed by atoms with Gasteiger partial charge in [0.05, 0.1) is 47.7 Å². The van der Waals surface area contributed by atoms with Gasteiger partial charge in [0.2, 0.25) is 0 Å². The van der Waals surface area contributed by atoms with Crippen molar-refractivity contribution in [1.29, 1.82) is 0 Å². The number of nitrogens with one attached hydrogen (secondary N) is 1. The highest BCUT2D eigenvalue weighted by molar-refractivity contribution is 5.87. The smallest absolute Gasteiger partial charge is 0.416 e. The Kier molecular flexibility index (Phi) is 6.80. The highest BCUT2D eigenvalue weighted by atomic mass is 19.4. The van der Waals surface area contributed by atoms with Gasteiger partial charge in [-0.25, -0.2) is 0 Å². The van der Waals surface area contributed by atoms with Crippen molar-refractivity contribution >= 4 is 17.6 Å². The van der Waals surface area contributed by atoms with E-state index in [1.807, 2.05) is 6.92 Å². The zero-order valence-corrected chi connectivity index (χ0v) is 15.1. The van der Waals surface area contributed by atoms with Crippen molar-refractivity contribution in [1.82, 2.24) is 0 Å². The first kappa shape index (κ1) is 21.0. The highest BCUT2D eigenvalue weighted by Crippen LogP contribution is 2.34. The number of hydrogen-bond acceptors (Lipinski definition) is 6. The van der Waals surface area contributed by atoms with E-state index in [0.29, 0.717) is 18.0 Å². The Bertz CT molecular complexity index is 852. The Morgan fingerprint density at radius 3 is 2.43 bits per heavy atom. The van der Waals surface area contributed by atoms with E-state index in [4.69, 9.17) is 9.47 Å². The lowest BCUT2D eigenvalue weighted by Gasteiger charge is -2.11. The SMILES string of the molecule is CCCOc1cc(C=NNc2ccc(C(F)(F)F)cc2)c([N+](=O)[O-])cc1OC. The lowest BCUT2D eigenvalue weighted by molar-refractivity contribution is -0.385. The molecule has 0 unspecified atom stereocenters. The van der Waals surface area contributed by atoms with Gasteiger partial charge in [0.15, 0.2) is 11.5 Å². The minimum Gasteiger partial charge on any atom is -0.493 e. The molecule has 0 radical (unpaired) electrons. The summed E-state index contributed by atoms with van der Waals surface area (Å²) in [7, 11) is 1.37. The van der Waals surface area contributed by atoms with Crippen LogP contribution in [0.5, 0.6) is 11.5 Å². The summed E-state index contributed by atoms with van der Waals surface area (Å²) in [6.45, 7) is 2.31. The van der Waals surface area contributed by atoms with Crippen molar-refractivity contribution < 1.29 is 27.6 Å². The van der Waals surface area contributed by atoms with Crippen LogP contribution in [0.2, 0.25) is 0 Å². The van der Waals surface area contributed by atoms with E-state index in [1.54, 1.807) is 0 Å². The molecule has 10 heteroatoms. The Morgan fingerprint density at radius 2 is 1.89 bits per heavy atom. The van der Waals surface area contributed by atoms with E-state index in [9.17, 15) is 23.3 Å². The summed E-state index contributed by atoms with van der Waals surface area (Å²) in [4.78, 5) is 10.7. The summed E-state index contributed by atoms with van der Waals surface area (Å²) in [5, 5.41) is 15.2. The number of nitro benzene ring substituents is 1. The number of hydrogen-bond donors (Lipinski definition) is 1. The van der Waals surface area contributed by atoms with E-state index in [0.717, 1.165) is 18.6 Å². The molecule has 0 saturated carbocycles. The summed E-state index contributed by atoms with van der Waals surface area (Å²) in [6, 6.07) is 6.88. The molecule has 0 heterocycles. The van der Waals surface area contributed by atoms with Gasteiger partial charge in [-0.1, -0.05) is 6.92 Å². The molecule has 28 heavy (non-hydrogen) atoms. The number of hydrazone groups is 1. The Morgan fingerprint density at radius 1 is 1.21 bits per heavy atom. The molecule has 0 aliphatic heterocycles. The molecule has 0 amide bonds. The summed E-state index contributed by atoms with van der Waals surface area (Å²) in [5.41, 5.74) is 1.94. The third-order valence-corrected chi connectivity index (χ3v) is 3.58. The molecule has 2 rings (SSSR count). The first-order chi connectivity index (χ1) is 13.3. The first-order valence-electron chi connectivity index (χ1n) is 8.21. The number of methoxy groups -OCH3 is 1. The number of nitrogens with zero attached hydrogens (tertiary/aromatic N) is 2. The molecule has 7 nitrogen and oxygen atoms in total. The molecule has 0 aliphatic carbocycles. The zero-order chi connectivity index (χ0) is 20.7. The molecular weight excluding hydrogens is 379 g/mol. The predicted octanol–water partition coefficient (Wildman–Crippen LogP) is 4.86. The van der Waals surface area contributed by atoms with E-state index in [2.05, 4.69) is 10.5 Å². The van der Waals surface area contributed by atoms with Gasteiger partial charge < -0.3 is 9.47 Å². The molecule has 0 atom stereocenters. The van der Waals surface area contributed by atoms with Crippen LogP contribution in [0, 0.1) is 10.1 Å². The van der Waals surface area contributed by atoms with Gasteiger partial charge in [-0.05, 0) is 36.8 Å². The number of nitro groups is 1. The number of alkyl halides is 3. The van der Waals surface area contributed by atoms with Gasteiger partial charge in [-0.2, -0.15) is 18.3 Å². The van der Waals surface area contributed by atoms with E-state index in [-0.39, 0.29) is 17.0 Å². The van der Waals surface area contributed by atoms with Gasteiger partial charge in [0.25, 0.3) is 5.69 Å². The molecule has 0 aliphatic rings. The second kappa shape index (κ2) is 9.07. The molecule has 0 spiro atoms. The maximum atomic E-state index is 12.6. The third-order valence-electron chi connectivity index (χ3n) is 3.58. The van der Waals surface area contributed by atoms with Crippen molar-refractivity contribution in [3.05, 3.63) is 57.6 Å². The fraction of sp³-hybridized carbons (Fsp3) is 0.278. The molecule has 1 N–H and O–H groups in total. The largest absolute Gasteiger partial charge is 0.493 e. The van der Waals surface area contributed by atoms with Crippen molar-refractivity contribution in [3.63, 3.8) is 0 Å². The number of halogens is 3. The van der Waals surface area contributed by atoms with Gasteiger partial charge in [-0.15, -0.1) is 0 Å².